The zero-order chi connectivity index (χ0) is 9.78. The maximum Gasteiger partial charge on any atom is 0.146 e. The molecule has 0 radical (unpaired) electrons. The maximum atomic E-state index is 4.63. The molecule has 0 unspecified atom stereocenters. The Hall–Kier alpha value is 0.840. The summed E-state index contributed by atoms with van der Waals surface area (Å²) >= 11 is 6.01. The van der Waals surface area contributed by atoms with Crippen LogP contribution in [0.2, 0.25) is 0 Å². The molecule has 0 spiro atoms. The van der Waals surface area contributed by atoms with Gasteiger partial charge in [0, 0.05) is 5.33 Å². The summed E-state index contributed by atoms with van der Waals surface area (Å²) in [5, 5.41) is 5.31. The summed E-state index contributed by atoms with van der Waals surface area (Å²) in [5.41, 5.74) is 0. The van der Waals surface area contributed by atoms with E-state index in [0.29, 0.717) is 6.61 Å². The normalized spacial score (nSPS) is 10.6. The molecule has 0 aliphatic rings. The van der Waals surface area contributed by atoms with Crippen LogP contribution in [-0.2, 0) is 13.9 Å². The van der Waals surface area contributed by atoms with E-state index in [1.807, 2.05) is 0 Å². The van der Waals surface area contributed by atoms with Gasteiger partial charge in [-0.3, -0.25) is 0 Å². The summed E-state index contributed by atoms with van der Waals surface area (Å²) in [4.78, 5) is 4.63. The average Bonchev–Trinajstić information content (AvgIpc) is 2.16. The minimum atomic E-state index is 0.587. The second-order valence-electron chi connectivity index (χ2n) is 2.76. The van der Waals surface area contributed by atoms with E-state index in [-0.39, 0.29) is 0 Å². The summed E-state index contributed by atoms with van der Waals surface area (Å²) in [6.45, 7) is 0.587. The zero-order valence-electron chi connectivity index (χ0n) is 7.64. The largest absolute Gasteiger partial charge is 0.205 e. The van der Waals surface area contributed by atoms with Crippen LogP contribution in [0.15, 0.2) is 0 Å². The first kappa shape index (κ1) is 13.8. The molecule has 0 aliphatic carbocycles. The van der Waals surface area contributed by atoms with E-state index in [1.165, 1.54) is 32.1 Å². The maximum absolute atomic E-state index is 4.63. The first-order valence-electron chi connectivity index (χ1n) is 4.54. The van der Waals surface area contributed by atoms with Crippen molar-refractivity contribution < 1.29 is 13.9 Å². The number of unbranched alkanes of at least 4 members (excludes halogenated alkanes) is 5. The monoisotopic (exact) mass is 318 g/mol. The predicted octanol–water partition coefficient (Wildman–Crippen LogP) is 3.91. The number of hydrogen-bond donors (Lipinski definition) is 0. The Balaban J connectivity index is 2.76. The molecule has 0 saturated carbocycles. The van der Waals surface area contributed by atoms with E-state index in [1.54, 1.807) is 0 Å². The molecule has 0 bridgehead atoms. The fraction of sp³-hybridized carbons (Fsp3) is 1.00. The predicted molar refractivity (Wildman–Crippen MR) is 58.5 cm³/mol. The Morgan fingerprint density at radius 3 is 2.08 bits per heavy atom. The van der Waals surface area contributed by atoms with Gasteiger partial charge in [-0.15, -0.1) is 3.98 Å². The van der Waals surface area contributed by atoms with Gasteiger partial charge in [0.15, 0.2) is 0 Å². The Kier molecular flexibility index (Phi) is 13.7. The van der Waals surface area contributed by atoms with Crippen molar-refractivity contribution in [1.29, 1.82) is 0 Å². The Morgan fingerprint density at radius 2 is 1.46 bits per heavy atom. The molecule has 13 heavy (non-hydrogen) atoms. The van der Waals surface area contributed by atoms with Gasteiger partial charge in [0.25, 0.3) is 0 Å². The molecule has 0 atom stereocenters. The van der Waals surface area contributed by atoms with Gasteiger partial charge < -0.3 is 0 Å². The summed E-state index contributed by atoms with van der Waals surface area (Å²) in [6.07, 6.45) is 7.37. The van der Waals surface area contributed by atoms with E-state index >= 15 is 0 Å². The summed E-state index contributed by atoms with van der Waals surface area (Å²) in [5.74, 6) is 0. The lowest BCUT2D eigenvalue weighted by Gasteiger charge is -2.00. The fourth-order valence-corrected chi connectivity index (χ4v) is 1.49. The minimum Gasteiger partial charge on any atom is -0.205 e. The molecular weight excluding hydrogens is 304 g/mol. The first-order valence-corrected chi connectivity index (χ1v) is 6.31. The Bertz CT molecular complexity index is 83.5. The van der Waals surface area contributed by atoms with Crippen LogP contribution in [0.5, 0.6) is 0 Å². The highest BCUT2D eigenvalue weighted by molar-refractivity contribution is 9.09. The van der Waals surface area contributed by atoms with Crippen LogP contribution >= 0.6 is 32.2 Å². The van der Waals surface area contributed by atoms with Gasteiger partial charge in [-0.25, -0.2) is 4.89 Å². The average molecular weight is 320 g/mol. The van der Waals surface area contributed by atoms with Crippen molar-refractivity contribution in [3.05, 3.63) is 0 Å². The topological polar surface area (TPSA) is 27.7 Å². The van der Waals surface area contributed by atoms with Crippen LogP contribution in [-0.4, -0.2) is 11.9 Å². The summed E-state index contributed by atoms with van der Waals surface area (Å²) in [7, 11) is 0. The van der Waals surface area contributed by atoms with E-state index in [9.17, 15) is 0 Å². The number of halogens is 2. The highest BCUT2D eigenvalue weighted by atomic mass is 79.9. The quantitative estimate of drug-likeness (QED) is 0.264. The number of rotatable bonds is 10. The molecule has 3 nitrogen and oxygen atoms in total. The zero-order valence-corrected chi connectivity index (χ0v) is 10.8. The lowest BCUT2D eigenvalue weighted by Crippen LogP contribution is -1.93. The van der Waals surface area contributed by atoms with Gasteiger partial charge in [-0.2, -0.15) is 0 Å². The van der Waals surface area contributed by atoms with Gasteiger partial charge >= 0.3 is 0 Å². The molecule has 0 aliphatic heterocycles. The third kappa shape index (κ3) is 12.8. The van der Waals surface area contributed by atoms with Crippen LogP contribution in [0.4, 0.5) is 0 Å². The standard InChI is InChI=1S/C8H16Br2O3/c9-7-5-3-1-2-4-6-8-11-13-12-10/h1-8H2. The van der Waals surface area contributed by atoms with Crippen LogP contribution in [0.1, 0.15) is 38.5 Å². The molecule has 0 aromatic heterocycles. The SMILES string of the molecule is BrCCCCCCCCOOOBr. The highest BCUT2D eigenvalue weighted by Crippen LogP contribution is 2.06. The van der Waals surface area contributed by atoms with Gasteiger partial charge in [-0.1, -0.05) is 46.7 Å². The minimum absolute atomic E-state index is 0.587. The van der Waals surface area contributed by atoms with Gasteiger partial charge in [0.1, 0.15) is 16.3 Å². The van der Waals surface area contributed by atoms with E-state index in [4.69, 9.17) is 0 Å². The van der Waals surface area contributed by atoms with Crippen molar-refractivity contribution in [3.8, 4) is 0 Å². The number of alkyl halides is 1. The van der Waals surface area contributed by atoms with Gasteiger partial charge in [-0.05, 0) is 12.8 Å². The molecule has 0 N–H and O–H groups in total. The van der Waals surface area contributed by atoms with Crippen molar-refractivity contribution in [2.24, 2.45) is 0 Å². The molecule has 0 heterocycles. The second-order valence-corrected chi connectivity index (χ2v) is 3.82. The summed E-state index contributed by atoms with van der Waals surface area (Å²) in [6, 6.07) is 0. The van der Waals surface area contributed by atoms with E-state index < -0.39 is 0 Å². The highest BCUT2D eigenvalue weighted by Gasteiger charge is 1.92. The molecule has 0 rings (SSSR count). The van der Waals surface area contributed by atoms with Crippen molar-refractivity contribution in [2.75, 3.05) is 11.9 Å². The third-order valence-corrected chi connectivity index (χ3v) is 2.35. The van der Waals surface area contributed by atoms with Gasteiger partial charge in [0.05, 0.1) is 6.61 Å². The van der Waals surface area contributed by atoms with E-state index in [2.05, 4.69) is 46.1 Å². The molecule has 0 aromatic carbocycles. The molecule has 5 heteroatoms. The van der Waals surface area contributed by atoms with Crippen molar-refractivity contribution in [3.63, 3.8) is 0 Å². The third-order valence-electron chi connectivity index (χ3n) is 1.69. The lowest BCUT2D eigenvalue weighted by molar-refractivity contribution is -0.455. The Labute approximate surface area is 96.6 Å². The van der Waals surface area contributed by atoms with Crippen molar-refractivity contribution in [1.82, 2.24) is 0 Å². The fourth-order valence-electron chi connectivity index (χ4n) is 1.01. The lowest BCUT2D eigenvalue weighted by atomic mass is 10.1. The van der Waals surface area contributed by atoms with Crippen LogP contribution in [0.25, 0.3) is 0 Å². The van der Waals surface area contributed by atoms with Crippen molar-refractivity contribution in [2.45, 2.75) is 38.5 Å². The Morgan fingerprint density at radius 1 is 0.846 bits per heavy atom. The van der Waals surface area contributed by atoms with Gasteiger partial charge in [0.2, 0.25) is 0 Å². The number of hydrogen-bond acceptors (Lipinski definition) is 3. The van der Waals surface area contributed by atoms with Crippen LogP contribution in [0.3, 0.4) is 0 Å². The van der Waals surface area contributed by atoms with E-state index in [0.717, 1.165) is 11.8 Å². The second kappa shape index (κ2) is 12.8. The first-order chi connectivity index (χ1) is 6.41. The molecule has 0 fully saturated rings. The van der Waals surface area contributed by atoms with Crippen LogP contribution < -0.4 is 0 Å². The molecule has 80 valence electrons. The molecule has 0 saturated heterocycles. The molecular formula is C8H16Br2O3. The molecule has 0 amide bonds. The van der Waals surface area contributed by atoms with Crippen molar-refractivity contribution >= 4 is 32.2 Å². The smallest absolute Gasteiger partial charge is 0.146 e. The van der Waals surface area contributed by atoms with Crippen LogP contribution in [0, 0.1) is 0 Å². The molecule has 0 aromatic rings. The summed E-state index contributed by atoms with van der Waals surface area (Å²) < 4.78 is 4.09.